The molecule has 1 fully saturated rings. The SMILES string of the molecule is CCSC1CCCC1NC(C)c1ccccc1Cl. The summed E-state index contributed by atoms with van der Waals surface area (Å²) in [4.78, 5) is 0. The summed E-state index contributed by atoms with van der Waals surface area (Å²) in [7, 11) is 0. The van der Waals surface area contributed by atoms with Crippen molar-refractivity contribution in [3.63, 3.8) is 0 Å². The first-order chi connectivity index (χ1) is 8.72. The van der Waals surface area contributed by atoms with Crippen LogP contribution in [0.1, 0.15) is 44.7 Å². The van der Waals surface area contributed by atoms with Gasteiger partial charge in [-0.1, -0.05) is 43.1 Å². The minimum Gasteiger partial charge on any atom is -0.306 e. The largest absolute Gasteiger partial charge is 0.306 e. The quantitative estimate of drug-likeness (QED) is 0.843. The molecule has 1 aliphatic carbocycles. The van der Waals surface area contributed by atoms with Crippen LogP contribution in [0.4, 0.5) is 0 Å². The monoisotopic (exact) mass is 283 g/mol. The summed E-state index contributed by atoms with van der Waals surface area (Å²) in [6, 6.07) is 9.12. The maximum absolute atomic E-state index is 6.26. The lowest BCUT2D eigenvalue weighted by molar-refractivity contribution is 0.467. The van der Waals surface area contributed by atoms with Gasteiger partial charge in [-0.05, 0) is 37.1 Å². The third kappa shape index (κ3) is 3.43. The van der Waals surface area contributed by atoms with Gasteiger partial charge in [-0.15, -0.1) is 0 Å². The van der Waals surface area contributed by atoms with E-state index < -0.39 is 0 Å². The maximum Gasteiger partial charge on any atom is 0.0453 e. The van der Waals surface area contributed by atoms with Gasteiger partial charge in [-0.3, -0.25) is 0 Å². The first-order valence-electron chi connectivity index (χ1n) is 6.84. The Hall–Kier alpha value is -0.180. The van der Waals surface area contributed by atoms with Gasteiger partial charge in [0.25, 0.3) is 0 Å². The fourth-order valence-corrected chi connectivity index (χ4v) is 4.28. The van der Waals surface area contributed by atoms with E-state index >= 15 is 0 Å². The second-order valence-electron chi connectivity index (χ2n) is 4.94. The van der Waals surface area contributed by atoms with Crippen molar-refractivity contribution in [3.8, 4) is 0 Å². The smallest absolute Gasteiger partial charge is 0.0453 e. The molecule has 1 nitrogen and oxygen atoms in total. The normalized spacial score (nSPS) is 25.3. The van der Waals surface area contributed by atoms with Gasteiger partial charge in [-0.25, -0.2) is 0 Å². The fraction of sp³-hybridized carbons (Fsp3) is 0.600. The zero-order valence-corrected chi connectivity index (χ0v) is 12.7. The lowest BCUT2D eigenvalue weighted by Gasteiger charge is -2.25. The van der Waals surface area contributed by atoms with Crippen LogP contribution < -0.4 is 5.32 Å². The van der Waals surface area contributed by atoms with Crippen LogP contribution in [0.3, 0.4) is 0 Å². The van der Waals surface area contributed by atoms with Crippen molar-refractivity contribution < 1.29 is 0 Å². The molecular weight excluding hydrogens is 262 g/mol. The summed E-state index contributed by atoms with van der Waals surface area (Å²) < 4.78 is 0. The number of hydrogen-bond donors (Lipinski definition) is 1. The highest BCUT2D eigenvalue weighted by Crippen LogP contribution is 2.32. The highest BCUT2D eigenvalue weighted by Gasteiger charge is 2.28. The second kappa shape index (κ2) is 6.83. The molecule has 0 aliphatic heterocycles. The van der Waals surface area contributed by atoms with Crippen LogP contribution in [0.15, 0.2) is 24.3 Å². The molecule has 0 bridgehead atoms. The molecule has 2 rings (SSSR count). The van der Waals surface area contributed by atoms with Crippen LogP contribution in [0, 0.1) is 0 Å². The van der Waals surface area contributed by atoms with Gasteiger partial charge < -0.3 is 5.32 Å². The lowest BCUT2D eigenvalue weighted by atomic mass is 10.1. The van der Waals surface area contributed by atoms with Crippen LogP contribution in [0.5, 0.6) is 0 Å². The Kier molecular flexibility index (Phi) is 5.40. The van der Waals surface area contributed by atoms with E-state index in [4.69, 9.17) is 11.6 Å². The van der Waals surface area contributed by atoms with Crippen LogP contribution in [0.25, 0.3) is 0 Å². The van der Waals surface area contributed by atoms with E-state index in [2.05, 4.69) is 43.1 Å². The minimum absolute atomic E-state index is 0.335. The molecule has 0 saturated heterocycles. The first-order valence-corrected chi connectivity index (χ1v) is 8.27. The number of benzene rings is 1. The van der Waals surface area contributed by atoms with Crippen molar-refractivity contribution in [2.45, 2.75) is 50.4 Å². The molecule has 0 heterocycles. The summed E-state index contributed by atoms with van der Waals surface area (Å²) in [5.74, 6) is 1.21. The standard InChI is InChI=1S/C15H22ClNS/c1-3-18-15-10-6-9-14(15)17-11(2)12-7-4-5-8-13(12)16/h4-5,7-8,11,14-15,17H,3,6,9-10H2,1-2H3. The average molecular weight is 284 g/mol. The molecule has 0 radical (unpaired) electrons. The van der Waals surface area contributed by atoms with Crippen molar-refractivity contribution >= 4 is 23.4 Å². The highest BCUT2D eigenvalue weighted by atomic mass is 35.5. The number of thioether (sulfide) groups is 1. The fourth-order valence-electron chi connectivity index (χ4n) is 2.77. The second-order valence-corrected chi connectivity index (χ2v) is 6.86. The van der Waals surface area contributed by atoms with E-state index in [9.17, 15) is 0 Å². The van der Waals surface area contributed by atoms with Gasteiger partial charge in [0.15, 0.2) is 0 Å². The zero-order valence-electron chi connectivity index (χ0n) is 11.2. The Bertz CT molecular complexity index is 383. The molecule has 0 amide bonds. The Balaban J connectivity index is 1.98. The van der Waals surface area contributed by atoms with Gasteiger partial charge in [0.1, 0.15) is 0 Å². The van der Waals surface area contributed by atoms with Crippen LogP contribution in [-0.4, -0.2) is 17.0 Å². The molecule has 100 valence electrons. The first kappa shape index (κ1) is 14.2. The molecule has 0 spiro atoms. The van der Waals surface area contributed by atoms with Crippen molar-refractivity contribution in [1.29, 1.82) is 0 Å². The summed E-state index contributed by atoms with van der Waals surface area (Å²) >= 11 is 8.35. The van der Waals surface area contributed by atoms with Crippen molar-refractivity contribution in [1.82, 2.24) is 5.32 Å². The number of rotatable bonds is 5. The van der Waals surface area contributed by atoms with Crippen LogP contribution in [0.2, 0.25) is 5.02 Å². The molecule has 18 heavy (non-hydrogen) atoms. The molecule has 1 aromatic carbocycles. The number of hydrogen-bond acceptors (Lipinski definition) is 2. The van der Waals surface area contributed by atoms with E-state index in [1.54, 1.807) is 0 Å². The van der Waals surface area contributed by atoms with E-state index in [1.165, 1.54) is 30.6 Å². The van der Waals surface area contributed by atoms with Crippen LogP contribution >= 0.6 is 23.4 Å². The Morgan fingerprint density at radius 3 is 2.89 bits per heavy atom. The molecule has 1 N–H and O–H groups in total. The molecule has 3 atom stereocenters. The van der Waals surface area contributed by atoms with Gasteiger partial charge in [0.2, 0.25) is 0 Å². The van der Waals surface area contributed by atoms with Crippen molar-refractivity contribution in [3.05, 3.63) is 34.9 Å². The predicted octanol–water partition coefficient (Wildman–Crippen LogP) is 4.66. The molecule has 1 aliphatic rings. The Morgan fingerprint density at radius 2 is 2.17 bits per heavy atom. The Morgan fingerprint density at radius 1 is 1.39 bits per heavy atom. The molecule has 1 saturated carbocycles. The molecule has 3 heteroatoms. The van der Waals surface area contributed by atoms with Crippen molar-refractivity contribution in [2.75, 3.05) is 5.75 Å². The minimum atomic E-state index is 0.335. The molecular formula is C15H22ClNS. The van der Waals surface area contributed by atoms with Gasteiger partial charge in [0.05, 0.1) is 0 Å². The summed E-state index contributed by atoms with van der Waals surface area (Å²) in [6.45, 7) is 4.46. The third-order valence-electron chi connectivity index (χ3n) is 3.67. The summed E-state index contributed by atoms with van der Waals surface area (Å²) in [6.07, 6.45) is 4.00. The van der Waals surface area contributed by atoms with E-state index in [0.717, 1.165) is 10.3 Å². The molecule has 3 unspecified atom stereocenters. The predicted molar refractivity (Wildman–Crippen MR) is 82.6 cm³/mol. The average Bonchev–Trinajstić information content (AvgIpc) is 2.78. The zero-order chi connectivity index (χ0) is 13.0. The van der Waals surface area contributed by atoms with Gasteiger partial charge in [-0.2, -0.15) is 11.8 Å². The van der Waals surface area contributed by atoms with E-state index in [0.29, 0.717) is 12.1 Å². The molecule has 1 aromatic rings. The topological polar surface area (TPSA) is 12.0 Å². The third-order valence-corrected chi connectivity index (χ3v) is 5.34. The lowest BCUT2D eigenvalue weighted by Crippen LogP contribution is -2.36. The summed E-state index contributed by atoms with van der Waals surface area (Å²) in [5.41, 5.74) is 1.21. The molecule has 0 aromatic heterocycles. The number of halogens is 1. The van der Waals surface area contributed by atoms with Gasteiger partial charge >= 0.3 is 0 Å². The van der Waals surface area contributed by atoms with Crippen LogP contribution in [-0.2, 0) is 0 Å². The summed E-state index contributed by atoms with van der Waals surface area (Å²) in [5, 5.41) is 5.41. The highest BCUT2D eigenvalue weighted by molar-refractivity contribution is 7.99. The maximum atomic E-state index is 6.26. The van der Waals surface area contributed by atoms with Gasteiger partial charge in [0, 0.05) is 22.4 Å². The van der Waals surface area contributed by atoms with E-state index in [1.807, 2.05) is 12.1 Å². The number of nitrogens with one attached hydrogen (secondary N) is 1. The Labute approximate surface area is 120 Å². The van der Waals surface area contributed by atoms with E-state index in [-0.39, 0.29) is 0 Å². The van der Waals surface area contributed by atoms with Crippen molar-refractivity contribution in [2.24, 2.45) is 0 Å².